The Morgan fingerprint density at radius 3 is 2.57 bits per heavy atom. The van der Waals surface area contributed by atoms with Gasteiger partial charge >= 0.3 is 0 Å². The SMILES string of the molecule is CCNCCn1cc(S(=O)(=O)N(C)C(C)C(C)(C)C)cn1. The van der Waals surface area contributed by atoms with Crippen molar-refractivity contribution in [3.05, 3.63) is 12.4 Å². The van der Waals surface area contributed by atoms with E-state index in [1.165, 1.54) is 10.5 Å². The summed E-state index contributed by atoms with van der Waals surface area (Å²) in [5.41, 5.74) is -0.122. The van der Waals surface area contributed by atoms with Gasteiger partial charge in [0.25, 0.3) is 0 Å². The van der Waals surface area contributed by atoms with E-state index in [2.05, 4.69) is 10.4 Å². The van der Waals surface area contributed by atoms with E-state index in [4.69, 9.17) is 0 Å². The van der Waals surface area contributed by atoms with Crippen molar-refractivity contribution in [2.24, 2.45) is 5.41 Å². The summed E-state index contributed by atoms with van der Waals surface area (Å²) in [6.07, 6.45) is 3.02. The van der Waals surface area contributed by atoms with Crippen molar-refractivity contribution in [1.29, 1.82) is 0 Å². The van der Waals surface area contributed by atoms with Crippen LogP contribution in [0, 0.1) is 5.41 Å². The van der Waals surface area contributed by atoms with Gasteiger partial charge in [-0.15, -0.1) is 0 Å². The van der Waals surface area contributed by atoms with Crippen molar-refractivity contribution in [3.8, 4) is 0 Å². The lowest BCUT2D eigenvalue weighted by Crippen LogP contribution is -2.42. The molecule has 1 heterocycles. The predicted molar refractivity (Wildman–Crippen MR) is 84.6 cm³/mol. The third-order valence-electron chi connectivity index (χ3n) is 3.85. The highest BCUT2D eigenvalue weighted by molar-refractivity contribution is 7.89. The van der Waals surface area contributed by atoms with E-state index in [0.29, 0.717) is 6.54 Å². The van der Waals surface area contributed by atoms with E-state index in [0.717, 1.165) is 13.1 Å². The van der Waals surface area contributed by atoms with E-state index < -0.39 is 10.0 Å². The van der Waals surface area contributed by atoms with Crippen LogP contribution in [-0.4, -0.2) is 48.7 Å². The van der Waals surface area contributed by atoms with E-state index >= 15 is 0 Å². The molecule has 122 valence electrons. The average Bonchev–Trinajstić information content (AvgIpc) is 2.85. The molecule has 0 aliphatic heterocycles. The minimum absolute atomic E-state index is 0.104. The minimum Gasteiger partial charge on any atom is -0.315 e. The van der Waals surface area contributed by atoms with Gasteiger partial charge in [-0.3, -0.25) is 4.68 Å². The summed E-state index contributed by atoms with van der Waals surface area (Å²) < 4.78 is 28.3. The Bertz CT molecular complexity index is 546. The van der Waals surface area contributed by atoms with Crippen molar-refractivity contribution in [2.75, 3.05) is 20.1 Å². The molecular weight excluding hydrogens is 288 g/mol. The van der Waals surface area contributed by atoms with Gasteiger partial charge in [-0.05, 0) is 18.9 Å². The Morgan fingerprint density at radius 2 is 2.05 bits per heavy atom. The quantitative estimate of drug-likeness (QED) is 0.775. The molecule has 7 heteroatoms. The third-order valence-corrected chi connectivity index (χ3v) is 5.73. The molecule has 6 nitrogen and oxygen atoms in total. The van der Waals surface area contributed by atoms with Gasteiger partial charge in [0, 0.05) is 25.8 Å². The summed E-state index contributed by atoms with van der Waals surface area (Å²) in [6.45, 7) is 12.4. The van der Waals surface area contributed by atoms with Gasteiger partial charge < -0.3 is 5.32 Å². The third kappa shape index (κ3) is 4.52. The van der Waals surface area contributed by atoms with E-state index in [1.807, 2.05) is 34.6 Å². The summed E-state index contributed by atoms with van der Waals surface area (Å²) in [6, 6.07) is -0.104. The molecule has 21 heavy (non-hydrogen) atoms. The molecular formula is C14H28N4O2S. The number of hydrogen-bond acceptors (Lipinski definition) is 4. The largest absolute Gasteiger partial charge is 0.315 e. The van der Waals surface area contributed by atoms with Crippen molar-refractivity contribution in [1.82, 2.24) is 19.4 Å². The number of rotatable bonds is 7. The maximum atomic E-state index is 12.6. The molecule has 0 saturated carbocycles. The molecule has 1 aromatic heterocycles. The van der Waals surface area contributed by atoms with Crippen LogP contribution in [0.3, 0.4) is 0 Å². The van der Waals surface area contributed by atoms with Crippen molar-refractivity contribution in [3.63, 3.8) is 0 Å². The van der Waals surface area contributed by atoms with Gasteiger partial charge in [0.05, 0.1) is 12.7 Å². The van der Waals surface area contributed by atoms with Gasteiger partial charge in [0.1, 0.15) is 4.90 Å². The molecule has 0 bridgehead atoms. The molecule has 0 fully saturated rings. The number of aromatic nitrogens is 2. The Morgan fingerprint density at radius 1 is 1.43 bits per heavy atom. The number of likely N-dealkylation sites (N-methyl/N-ethyl adjacent to an activating group) is 1. The number of nitrogens with zero attached hydrogens (tertiary/aromatic N) is 3. The Hall–Kier alpha value is -0.920. The first kappa shape index (κ1) is 18.1. The monoisotopic (exact) mass is 316 g/mol. The minimum atomic E-state index is -3.50. The molecule has 1 rings (SSSR count). The van der Waals surface area contributed by atoms with Crippen molar-refractivity contribution < 1.29 is 8.42 Å². The van der Waals surface area contributed by atoms with E-state index in [1.54, 1.807) is 17.9 Å². The van der Waals surface area contributed by atoms with E-state index in [9.17, 15) is 8.42 Å². The summed E-state index contributed by atoms with van der Waals surface area (Å²) >= 11 is 0. The normalized spacial score (nSPS) is 14.6. The van der Waals surface area contributed by atoms with Gasteiger partial charge in [-0.25, -0.2) is 8.42 Å². The van der Waals surface area contributed by atoms with Gasteiger partial charge in [0.2, 0.25) is 10.0 Å². The zero-order valence-corrected chi connectivity index (χ0v) is 14.7. The number of sulfonamides is 1. The van der Waals surface area contributed by atoms with Crippen LogP contribution in [0.15, 0.2) is 17.3 Å². The van der Waals surface area contributed by atoms with Gasteiger partial charge in [0.15, 0.2) is 0 Å². The van der Waals surface area contributed by atoms with Crippen LogP contribution in [0.1, 0.15) is 34.6 Å². The fourth-order valence-electron chi connectivity index (χ4n) is 1.89. The second-order valence-corrected chi connectivity index (χ2v) is 8.35. The second-order valence-electron chi connectivity index (χ2n) is 6.36. The molecule has 0 aromatic carbocycles. The smallest absolute Gasteiger partial charge is 0.246 e. The fraction of sp³-hybridized carbons (Fsp3) is 0.786. The molecule has 0 saturated heterocycles. The Balaban J connectivity index is 2.88. The van der Waals surface area contributed by atoms with Gasteiger partial charge in [-0.2, -0.15) is 9.40 Å². The molecule has 1 unspecified atom stereocenters. The van der Waals surface area contributed by atoms with Crippen molar-refractivity contribution >= 4 is 10.0 Å². The van der Waals surface area contributed by atoms with Crippen molar-refractivity contribution in [2.45, 2.75) is 52.1 Å². The van der Waals surface area contributed by atoms with E-state index in [-0.39, 0.29) is 16.4 Å². The standard InChI is InChI=1S/C14H28N4O2S/c1-7-15-8-9-18-11-13(10-16-18)21(19,20)17(6)12(2)14(3,4)5/h10-12,15H,7-9H2,1-6H3. The molecule has 1 aromatic rings. The lowest BCUT2D eigenvalue weighted by Gasteiger charge is -2.34. The zero-order valence-electron chi connectivity index (χ0n) is 13.9. The lowest BCUT2D eigenvalue weighted by atomic mass is 9.88. The fourth-order valence-corrected chi connectivity index (χ4v) is 3.39. The maximum absolute atomic E-state index is 12.6. The topological polar surface area (TPSA) is 67.2 Å². The van der Waals surface area contributed by atoms with Crippen LogP contribution in [0.5, 0.6) is 0 Å². The molecule has 0 aliphatic rings. The molecule has 0 aliphatic carbocycles. The van der Waals surface area contributed by atoms with Crippen LogP contribution < -0.4 is 5.32 Å². The summed E-state index contributed by atoms with van der Waals surface area (Å²) in [5.74, 6) is 0. The highest BCUT2D eigenvalue weighted by Gasteiger charge is 2.33. The lowest BCUT2D eigenvalue weighted by molar-refractivity contribution is 0.216. The van der Waals surface area contributed by atoms with Crippen LogP contribution >= 0.6 is 0 Å². The second kappa shape index (κ2) is 6.89. The summed E-state index contributed by atoms with van der Waals surface area (Å²) in [5, 5.41) is 7.31. The Labute approximate surface area is 128 Å². The van der Waals surface area contributed by atoms with Gasteiger partial charge in [-0.1, -0.05) is 27.7 Å². The Kier molecular flexibility index (Phi) is 5.95. The predicted octanol–water partition coefficient (Wildman–Crippen LogP) is 1.55. The first-order valence-electron chi connectivity index (χ1n) is 7.32. The highest BCUT2D eigenvalue weighted by atomic mass is 32.2. The first-order chi connectivity index (χ1) is 9.60. The number of nitrogens with one attached hydrogen (secondary N) is 1. The molecule has 1 N–H and O–H groups in total. The first-order valence-corrected chi connectivity index (χ1v) is 8.76. The molecule has 0 amide bonds. The average molecular weight is 316 g/mol. The zero-order chi connectivity index (χ0) is 16.3. The highest BCUT2D eigenvalue weighted by Crippen LogP contribution is 2.27. The van der Waals surface area contributed by atoms with Crippen LogP contribution in [0.4, 0.5) is 0 Å². The number of hydrogen-bond donors (Lipinski definition) is 1. The maximum Gasteiger partial charge on any atom is 0.246 e. The van der Waals surface area contributed by atoms with Crippen LogP contribution in [0.2, 0.25) is 0 Å². The summed E-state index contributed by atoms with van der Waals surface area (Å²) in [4.78, 5) is 0.248. The van der Waals surface area contributed by atoms with Crippen LogP contribution in [-0.2, 0) is 16.6 Å². The van der Waals surface area contributed by atoms with Crippen LogP contribution in [0.25, 0.3) is 0 Å². The molecule has 1 atom stereocenters. The molecule has 0 spiro atoms. The molecule has 0 radical (unpaired) electrons. The summed E-state index contributed by atoms with van der Waals surface area (Å²) in [7, 11) is -1.88.